The summed E-state index contributed by atoms with van der Waals surface area (Å²) < 4.78 is 15.9. The zero-order valence-electron chi connectivity index (χ0n) is 10.6. The first kappa shape index (κ1) is 14.3. The van der Waals surface area contributed by atoms with Crippen molar-refractivity contribution in [1.29, 1.82) is 5.26 Å². The third-order valence-electron chi connectivity index (χ3n) is 3.15. The number of benzene rings is 2. The minimum Gasteiger partial charge on any atom is -0.294 e. The summed E-state index contributed by atoms with van der Waals surface area (Å²) in [6.07, 6.45) is 0. The average molecular weight is 412 g/mol. The van der Waals surface area contributed by atoms with E-state index < -0.39 is 0 Å². The Morgan fingerprint density at radius 2 is 2.14 bits per heavy atom. The van der Waals surface area contributed by atoms with Crippen molar-refractivity contribution in [3.05, 3.63) is 57.2 Å². The molecule has 0 aliphatic heterocycles. The van der Waals surface area contributed by atoms with Gasteiger partial charge in [-0.05, 0) is 52.9 Å². The topological polar surface area (TPSA) is 41.6 Å². The van der Waals surface area contributed by atoms with Gasteiger partial charge in [0.15, 0.2) is 0 Å². The molecule has 0 unspecified atom stereocenters. The summed E-state index contributed by atoms with van der Waals surface area (Å²) in [5.41, 5.74) is 2.69. The number of fused-ring (bicyclic) bond motifs is 1. The molecule has 0 aliphatic carbocycles. The maximum absolute atomic E-state index is 13.3. The Hall–Kier alpha value is -1.65. The van der Waals surface area contributed by atoms with Gasteiger partial charge in [0.1, 0.15) is 23.2 Å². The minimum absolute atomic E-state index is 0.201. The monoisotopic (exact) mass is 411 g/mol. The molecule has 1 heterocycles. The molecule has 6 heteroatoms. The van der Waals surface area contributed by atoms with E-state index in [4.69, 9.17) is 11.6 Å². The van der Waals surface area contributed by atoms with Gasteiger partial charge in [-0.1, -0.05) is 6.07 Å². The number of imidazole rings is 1. The zero-order chi connectivity index (χ0) is 15.0. The molecular weight excluding hydrogens is 404 g/mol. The van der Waals surface area contributed by atoms with Crippen molar-refractivity contribution in [2.75, 3.05) is 0 Å². The Labute approximate surface area is 139 Å². The van der Waals surface area contributed by atoms with Crippen molar-refractivity contribution < 1.29 is 4.39 Å². The van der Waals surface area contributed by atoms with E-state index >= 15 is 0 Å². The van der Waals surface area contributed by atoms with E-state index in [0.29, 0.717) is 16.9 Å². The van der Waals surface area contributed by atoms with E-state index in [1.165, 1.54) is 12.1 Å². The molecule has 0 aliphatic rings. The summed E-state index contributed by atoms with van der Waals surface area (Å²) in [5.74, 6) is 0.532. The van der Waals surface area contributed by atoms with Crippen LogP contribution < -0.4 is 0 Å². The van der Waals surface area contributed by atoms with Crippen molar-refractivity contribution in [3.8, 4) is 11.8 Å². The molecule has 104 valence electrons. The van der Waals surface area contributed by atoms with Crippen molar-refractivity contribution in [2.24, 2.45) is 0 Å². The van der Waals surface area contributed by atoms with Crippen LogP contribution in [0, 0.1) is 20.7 Å². The van der Waals surface area contributed by atoms with E-state index in [9.17, 15) is 9.65 Å². The van der Waals surface area contributed by atoms with Gasteiger partial charge >= 0.3 is 0 Å². The zero-order valence-corrected chi connectivity index (χ0v) is 13.6. The fraction of sp³-hybridized carbons (Fsp3) is 0.0667. The lowest BCUT2D eigenvalue weighted by Crippen LogP contribution is -2.02. The fourth-order valence-electron chi connectivity index (χ4n) is 2.26. The van der Waals surface area contributed by atoms with Gasteiger partial charge in [-0.15, -0.1) is 11.6 Å². The molecular formula is C15H8ClFIN3. The van der Waals surface area contributed by atoms with Gasteiger partial charge in [-0.2, -0.15) is 5.26 Å². The second kappa shape index (κ2) is 5.62. The third kappa shape index (κ3) is 2.39. The highest BCUT2D eigenvalue weighted by molar-refractivity contribution is 14.1. The van der Waals surface area contributed by atoms with Gasteiger partial charge in [0.2, 0.25) is 0 Å². The Morgan fingerprint density at radius 1 is 1.33 bits per heavy atom. The number of halogens is 3. The summed E-state index contributed by atoms with van der Waals surface area (Å²) >= 11 is 8.06. The number of rotatable bonds is 2. The largest absolute Gasteiger partial charge is 0.294 e. The highest BCUT2D eigenvalue weighted by Gasteiger charge is 2.16. The normalized spacial score (nSPS) is 10.8. The van der Waals surface area contributed by atoms with Crippen LogP contribution in [0.1, 0.15) is 11.4 Å². The fourth-order valence-corrected chi connectivity index (χ4v) is 3.16. The number of hydrogen-bond acceptors (Lipinski definition) is 2. The lowest BCUT2D eigenvalue weighted by atomic mass is 10.2. The predicted octanol–water partition coefficient (Wildman–Crippen LogP) is 4.38. The average Bonchev–Trinajstić information content (AvgIpc) is 2.85. The molecule has 0 spiro atoms. The second-order valence-corrected chi connectivity index (χ2v) is 5.81. The molecule has 0 bridgehead atoms. The van der Waals surface area contributed by atoms with E-state index in [1.807, 2.05) is 10.6 Å². The molecule has 2 aromatic carbocycles. The standard InChI is InChI=1S/C15H8ClFIN3/c16-7-14-20-15-9(8-19)2-1-3-13(15)21(14)12-5-4-10(17)6-11(12)18/h1-6H,7H2. The van der Waals surface area contributed by atoms with E-state index in [1.54, 1.807) is 18.2 Å². The number of nitrogens with zero attached hydrogens (tertiary/aromatic N) is 3. The molecule has 0 N–H and O–H groups in total. The number of para-hydroxylation sites is 1. The Balaban J connectivity index is 2.39. The Morgan fingerprint density at radius 3 is 2.81 bits per heavy atom. The van der Waals surface area contributed by atoms with E-state index in [2.05, 4.69) is 33.6 Å². The highest BCUT2D eigenvalue weighted by atomic mass is 127. The second-order valence-electron chi connectivity index (χ2n) is 4.38. The molecule has 0 amide bonds. The molecule has 21 heavy (non-hydrogen) atoms. The molecule has 0 radical (unpaired) electrons. The van der Waals surface area contributed by atoms with Gasteiger partial charge in [-0.3, -0.25) is 4.57 Å². The third-order valence-corrected chi connectivity index (χ3v) is 4.25. The Bertz CT molecular complexity index is 882. The quantitative estimate of drug-likeness (QED) is 0.464. The van der Waals surface area contributed by atoms with Crippen LogP contribution in [0.4, 0.5) is 4.39 Å². The SMILES string of the molecule is N#Cc1cccc2c1nc(CCl)n2-c1ccc(F)cc1I. The van der Waals surface area contributed by atoms with E-state index in [-0.39, 0.29) is 11.7 Å². The van der Waals surface area contributed by atoms with Crippen LogP contribution in [0.2, 0.25) is 0 Å². The first-order valence-corrected chi connectivity index (χ1v) is 7.69. The van der Waals surface area contributed by atoms with Crippen LogP contribution in [0.5, 0.6) is 0 Å². The summed E-state index contributed by atoms with van der Waals surface area (Å²) in [5, 5.41) is 9.19. The van der Waals surface area contributed by atoms with Crippen LogP contribution in [-0.2, 0) is 5.88 Å². The van der Waals surface area contributed by atoms with Crippen molar-refractivity contribution in [2.45, 2.75) is 5.88 Å². The molecule has 0 atom stereocenters. The number of hydrogen-bond donors (Lipinski definition) is 0. The van der Waals surface area contributed by atoms with E-state index in [0.717, 1.165) is 14.8 Å². The molecule has 3 aromatic rings. The van der Waals surface area contributed by atoms with Crippen LogP contribution in [0.25, 0.3) is 16.7 Å². The summed E-state index contributed by atoms with van der Waals surface area (Å²) in [4.78, 5) is 4.45. The predicted molar refractivity (Wildman–Crippen MR) is 88.0 cm³/mol. The number of alkyl halides is 1. The number of nitriles is 1. The summed E-state index contributed by atoms with van der Waals surface area (Å²) in [6.45, 7) is 0. The molecule has 0 saturated heterocycles. The number of aromatic nitrogens is 2. The lowest BCUT2D eigenvalue weighted by Gasteiger charge is -2.10. The molecule has 3 nitrogen and oxygen atoms in total. The lowest BCUT2D eigenvalue weighted by molar-refractivity contribution is 0.626. The summed E-state index contributed by atoms with van der Waals surface area (Å²) in [6, 6.07) is 12.1. The van der Waals surface area contributed by atoms with Gasteiger partial charge in [0, 0.05) is 3.57 Å². The van der Waals surface area contributed by atoms with Crippen molar-refractivity contribution in [3.63, 3.8) is 0 Å². The van der Waals surface area contributed by atoms with Gasteiger partial charge in [0.25, 0.3) is 0 Å². The van der Waals surface area contributed by atoms with Crippen molar-refractivity contribution in [1.82, 2.24) is 9.55 Å². The van der Waals surface area contributed by atoms with Crippen LogP contribution >= 0.6 is 34.2 Å². The van der Waals surface area contributed by atoms with Crippen LogP contribution in [-0.4, -0.2) is 9.55 Å². The van der Waals surface area contributed by atoms with Crippen molar-refractivity contribution >= 4 is 45.2 Å². The first-order valence-electron chi connectivity index (χ1n) is 6.07. The van der Waals surface area contributed by atoms with Crippen LogP contribution in [0.15, 0.2) is 36.4 Å². The molecule has 0 fully saturated rings. The maximum atomic E-state index is 13.3. The molecule has 3 rings (SSSR count). The Kier molecular flexibility index (Phi) is 3.83. The van der Waals surface area contributed by atoms with Crippen LogP contribution in [0.3, 0.4) is 0 Å². The smallest absolute Gasteiger partial charge is 0.129 e. The van der Waals surface area contributed by atoms with Gasteiger partial charge in [0.05, 0.1) is 22.6 Å². The molecule has 0 saturated carbocycles. The highest BCUT2D eigenvalue weighted by Crippen LogP contribution is 2.27. The summed E-state index contributed by atoms with van der Waals surface area (Å²) in [7, 11) is 0. The molecule has 1 aromatic heterocycles. The minimum atomic E-state index is -0.294. The van der Waals surface area contributed by atoms with Gasteiger partial charge < -0.3 is 0 Å². The van der Waals surface area contributed by atoms with Gasteiger partial charge in [-0.25, -0.2) is 9.37 Å². The first-order chi connectivity index (χ1) is 10.2. The maximum Gasteiger partial charge on any atom is 0.129 e.